The second-order valence-electron chi connectivity index (χ2n) is 5.26. The lowest BCUT2D eigenvalue weighted by Crippen LogP contribution is -2.33. The zero-order valence-electron chi connectivity index (χ0n) is 13.4. The second kappa shape index (κ2) is 7.99. The van der Waals surface area contributed by atoms with Crippen LogP contribution < -0.4 is 4.74 Å². The van der Waals surface area contributed by atoms with Gasteiger partial charge in [0.1, 0.15) is 5.75 Å². The third-order valence-electron chi connectivity index (χ3n) is 3.91. The van der Waals surface area contributed by atoms with Gasteiger partial charge in [-0.2, -0.15) is 11.3 Å². The Balaban J connectivity index is 2.03. The average molecular weight is 317 g/mol. The fourth-order valence-electron chi connectivity index (χ4n) is 2.58. The molecular formula is C18H23NO2S. The summed E-state index contributed by atoms with van der Waals surface area (Å²) in [5.74, 6) is 1.02. The van der Waals surface area contributed by atoms with E-state index < -0.39 is 0 Å². The average Bonchev–Trinajstić information content (AvgIpc) is 3.07. The Hall–Kier alpha value is -1.81. The number of carbonyl (C=O) groups excluding carboxylic acids is 1. The second-order valence-corrected chi connectivity index (χ2v) is 6.04. The van der Waals surface area contributed by atoms with E-state index in [1.807, 2.05) is 36.1 Å². The summed E-state index contributed by atoms with van der Waals surface area (Å²) in [6.45, 7) is 4.81. The summed E-state index contributed by atoms with van der Waals surface area (Å²) < 4.78 is 5.27. The van der Waals surface area contributed by atoms with Crippen molar-refractivity contribution >= 4 is 17.2 Å². The molecule has 1 heterocycles. The van der Waals surface area contributed by atoms with Gasteiger partial charge in [0.15, 0.2) is 0 Å². The van der Waals surface area contributed by atoms with Crippen molar-refractivity contribution in [3.8, 4) is 5.75 Å². The van der Waals surface area contributed by atoms with Crippen LogP contribution in [-0.2, 0) is 11.2 Å². The van der Waals surface area contributed by atoms with Crippen LogP contribution in [0.15, 0.2) is 41.1 Å². The number of aryl methyl sites for hydroxylation is 1. The summed E-state index contributed by atoms with van der Waals surface area (Å²) in [5.41, 5.74) is 2.34. The van der Waals surface area contributed by atoms with Gasteiger partial charge < -0.3 is 9.64 Å². The van der Waals surface area contributed by atoms with E-state index in [9.17, 15) is 4.79 Å². The molecule has 2 aromatic rings. The number of ether oxygens (including phenoxy) is 1. The van der Waals surface area contributed by atoms with E-state index >= 15 is 0 Å². The number of methoxy groups -OCH3 is 1. The van der Waals surface area contributed by atoms with E-state index in [2.05, 4.69) is 23.8 Å². The van der Waals surface area contributed by atoms with E-state index in [4.69, 9.17) is 4.74 Å². The van der Waals surface area contributed by atoms with Gasteiger partial charge in [-0.25, -0.2) is 0 Å². The number of thiophene rings is 1. The first-order valence-electron chi connectivity index (χ1n) is 7.60. The smallest absolute Gasteiger partial charge is 0.223 e. The van der Waals surface area contributed by atoms with Gasteiger partial charge in [-0.1, -0.05) is 12.1 Å². The molecule has 0 aliphatic rings. The molecule has 2 rings (SSSR count). The number of amides is 1. The third kappa shape index (κ3) is 4.10. The molecule has 0 aliphatic carbocycles. The van der Waals surface area contributed by atoms with Gasteiger partial charge in [-0.15, -0.1) is 0 Å². The number of hydrogen-bond acceptors (Lipinski definition) is 3. The Labute approximate surface area is 136 Å². The lowest BCUT2D eigenvalue weighted by molar-refractivity contribution is -0.133. The fraction of sp³-hybridized carbons (Fsp3) is 0.389. The van der Waals surface area contributed by atoms with Gasteiger partial charge in [0.05, 0.1) is 13.2 Å². The summed E-state index contributed by atoms with van der Waals surface area (Å²) in [6.07, 6.45) is 1.36. The summed E-state index contributed by atoms with van der Waals surface area (Å²) in [5, 5.41) is 4.16. The molecular weight excluding hydrogens is 294 g/mol. The molecule has 1 unspecified atom stereocenters. The van der Waals surface area contributed by atoms with Crippen LogP contribution in [-0.4, -0.2) is 24.5 Å². The first-order valence-corrected chi connectivity index (χ1v) is 8.54. The monoisotopic (exact) mass is 317 g/mol. The number of benzene rings is 1. The lowest BCUT2D eigenvalue weighted by atomic mass is 10.1. The van der Waals surface area contributed by atoms with Gasteiger partial charge in [-0.05, 0) is 60.4 Å². The molecule has 0 spiro atoms. The first-order chi connectivity index (χ1) is 10.7. The van der Waals surface area contributed by atoms with Crippen LogP contribution in [0, 0.1) is 0 Å². The minimum Gasteiger partial charge on any atom is -0.497 e. The highest BCUT2D eigenvalue weighted by Crippen LogP contribution is 2.24. The van der Waals surface area contributed by atoms with Gasteiger partial charge in [0.2, 0.25) is 5.91 Å². The standard InChI is InChI=1S/C18H23NO2S/c1-4-19(18(20)9-8-15-10-11-22-13-15)14(2)16-6-5-7-17(12-16)21-3/h5-7,10-14H,4,8-9H2,1-3H3. The Bertz CT molecular complexity index is 595. The van der Waals surface area contributed by atoms with Crippen LogP contribution in [0.25, 0.3) is 0 Å². The van der Waals surface area contributed by atoms with Gasteiger partial charge >= 0.3 is 0 Å². The molecule has 4 heteroatoms. The minimum absolute atomic E-state index is 0.0510. The van der Waals surface area contributed by atoms with Crippen LogP contribution in [0.5, 0.6) is 5.75 Å². The molecule has 0 saturated heterocycles. The molecule has 0 saturated carbocycles. The van der Waals surface area contributed by atoms with Crippen molar-refractivity contribution in [2.24, 2.45) is 0 Å². The fourth-order valence-corrected chi connectivity index (χ4v) is 3.28. The van der Waals surface area contributed by atoms with Crippen LogP contribution >= 0.6 is 11.3 Å². The van der Waals surface area contributed by atoms with Crippen molar-refractivity contribution in [3.63, 3.8) is 0 Å². The van der Waals surface area contributed by atoms with Gasteiger partial charge in [0, 0.05) is 13.0 Å². The van der Waals surface area contributed by atoms with Crippen molar-refractivity contribution in [2.75, 3.05) is 13.7 Å². The van der Waals surface area contributed by atoms with Crippen LogP contribution in [0.2, 0.25) is 0 Å². The van der Waals surface area contributed by atoms with Crippen molar-refractivity contribution in [3.05, 3.63) is 52.2 Å². The zero-order valence-corrected chi connectivity index (χ0v) is 14.2. The van der Waals surface area contributed by atoms with Crippen LogP contribution in [0.1, 0.15) is 37.4 Å². The highest BCUT2D eigenvalue weighted by Gasteiger charge is 2.20. The normalized spacial score (nSPS) is 12.0. The minimum atomic E-state index is 0.0510. The SMILES string of the molecule is CCN(C(=O)CCc1ccsc1)C(C)c1cccc(OC)c1. The largest absolute Gasteiger partial charge is 0.497 e. The summed E-state index contributed by atoms with van der Waals surface area (Å²) >= 11 is 1.67. The third-order valence-corrected chi connectivity index (χ3v) is 4.64. The van der Waals surface area contributed by atoms with E-state index in [0.717, 1.165) is 17.7 Å². The van der Waals surface area contributed by atoms with Crippen molar-refractivity contribution in [1.82, 2.24) is 4.90 Å². The first kappa shape index (κ1) is 16.6. The summed E-state index contributed by atoms with van der Waals surface area (Å²) in [4.78, 5) is 14.5. The molecule has 3 nitrogen and oxygen atoms in total. The quantitative estimate of drug-likeness (QED) is 0.762. The van der Waals surface area contributed by atoms with E-state index in [1.54, 1.807) is 18.4 Å². The number of rotatable bonds is 7. The zero-order chi connectivity index (χ0) is 15.9. The molecule has 1 amide bonds. The maximum atomic E-state index is 12.5. The Morgan fingerprint density at radius 3 is 2.82 bits per heavy atom. The van der Waals surface area contributed by atoms with E-state index in [-0.39, 0.29) is 11.9 Å². The van der Waals surface area contributed by atoms with E-state index in [0.29, 0.717) is 13.0 Å². The molecule has 0 fully saturated rings. The lowest BCUT2D eigenvalue weighted by Gasteiger charge is -2.28. The highest BCUT2D eigenvalue weighted by atomic mass is 32.1. The molecule has 0 aliphatic heterocycles. The highest BCUT2D eigenvalue weighted by molar-refractivity contribution is 7.07. The van der Waals surface area contributed by atoms with Crippen LogP contribution in [0.3, 0.4) is 0 Å². The molecule has 1 atom stereocenters. The Kier molecular flexibility index (Phi) is 6.01. The predicted octanol–water partition coefficient (Wildman–Crippen LogP) is 4.30. The topological polar surface area (TPSA) is 29.5 Å². The van der Waals surface area contributed by atoms with Crippen LogP contribution in [0.4, 0.5) is 0 Å². The molecule has 118 valence electrons. The molecule has 1 aromatic heterocycles. The summed E-state index contributed by atoms with van der Waals surface area (Å²) in [6, 6.07) is 10.1. The molecule has 0 N–H and O–H groups in total. The maximum Gasteiger partial charge on any atom is 0.223 e. The van der Waals surface area contributed by atoms with Gasteiger partial charge in [-0.3, -0.25) is 4.79 Å². The Morgan fingerprint density at radius 2 is 2.18 bits per heavy atom. The molecule has 22 heavy (non-hydrogen) atoms. The van der Waals surface area contributed by atoms with Gasteiger partial charge in [0.25, 0.3) is 0 Å². The van der Waals surface area contributed by atoms with Crippen molar-refractivity contribution < 1.29 is 9.53 Å². The van der Waals surface area contributed by atoms with E-state index in [1.165, 1.54) is 5.56 Å². The molecule has 0 radical (unpaired) electrons. The maximum absolute atomic E-state index is 12.5. The number of hydrogen-bond donors (Lipinski definition) is 0. The number of nitrogens with zero attached hydrogens (tertiary/aromatic N) is 1. The molecule has 1 aromatic carbocycles. The predicted molar refractivity (Wildman–Crippen MR) is 91.4 cm³/mol. The molecule has 0 bridgehead atoms. The summed E-state index contributed by atoms with van der Waals surface area (Å²) in [7, 11) is 1.66. The van der Waals surface area contributed by atoms with Crippen molar-refractivity contribution in [1.29, 1.82) is 0 Å². The Morgan fingerprint density at radius 1 is 1.36 bits per heavy atom. The number of carbonyl (C=O) groups is 1. The van der Waals surface area contributed by atoms with Crippen molar-refractivity contribution in [2.45, 2.75) is 32.7 Å².